The summed E-state index contributed by atoms with van der Waals surface area (Å²) in [5, 5.41) is 7.55. The lowest BCUT2D eigenvalue weighted by molar-refractivity contribution is 0.662. The quantitative estimate of drug-likeness (QED) is 0.124. The molecular weight excluding hydrogens is 761 g/mol. The number of benzene rings is 10. The molecule has 0 amide bonds. The largest absolute Gasteiger partial charge is 0.228 e. The van der Waals surface area contributed by atoms with Gasteiger partial charge in [0.15, 0.2) is 5.82 Å². The summed E-state index contributed by atoms with van der Waals surface area (Å²) in [6.07, 6.45) is 0. The van der Waals surface area contributed by atoms with Crippen molar-refractivity contribution in [2.24, 2.45) is 0 Å². The van der Waals surface area contributed by atoms with Crippen LogP contribution in [0.3, 0.4) is 0 Å². The third-order valence-electron chi connectivity index (χ3n) is 13.2. The number of rotatable bonds is 6. The van der Waals surface area contributed by atoms with Crippen molar-refractivity contribution in [3.63, 3.8) is 0 Å². The van der Waals surface area contributed by atoms with Crippen LogP contribution in [0, 0.1) is 0 Å². The Morgan fingerprint density at radius 3 is 1.68 bits per heavy atom. The van der Waals surface area contributed by atoms with Gasteiger partial charge in [0.05, 0.1) is 11.4 Å². The number of fused-ring (bicyclic) bond motifs is 7. The van der Waals surface area contributed by atoms with Gasteiger partial charge in [-0.3, -0.25) is 0 Å². The van der Waals surface area contributed by atoms with Crippen molar-refractivity contribution < 1.29 is 0 Å². The first kappa shape index (κ1) is 36.9. The van der Waals surface area contributed by atoms with E-state index in [9.17, 15) is 0 Å². The molecule has 2 nitrogen and oxygen atoms in total. The van der Waals surface area contributed by atoms with Crippen molar-refractivity contribution in [2.45, 2.75) is 19.3 Å². The van der Waals surface area contributed by atoms with Crippen LogP contribution in [0.1, 0.15) is 25.0 Å². The Hall–Kier alpha value is -7.94. The zero-order chi connectivity index (χ0) is 42.1. The summed E-state index contributed by atoms with van der Waals surface area (Å²) in [6, 6.07) is 79.1. The molecule has 0 aliphatic heterocycles. The van der Waals surface area contributed by atoms with E-state index in [-0.39, 0.29) is 5.41 Å². The Bertz CT molecular complexity index is 3600. The van der Waals surface area contributed by atoms with E-state index >= 15 is 0 Å². The first-order valence-electron chi connectivity index (χ1n) is 21.8. The number of nitrogens with zero attached hydrogens (tertiary/aromatic N) is 2. The molecule has 0 fully saturated rings. The van der Waals surface area contributed by atoms with Crippen molar-refractivity contribution in [3.8, 4) is 78.4 Å². The molecule has 0 unspecified atom stereocenters. The lowest BCUT2D eigenvalue weighted by atomic mass is 9.78. The fourth-order valence-corrected chi connectivity index (χ4v) is 10.3. The lowest BCUT2D eigenvalue weighted by Gasteiger charge is -2.25. The third-order valence-corrected chi connectivity index (χ3v) is 13.2. The second-order valence-corrected chi connectivity index (χ2v) is 17.3. The molecular formula is C61H42N2. The summed E-state index contributed by atoms with van der Waals surface area (Å²) in [5.41, 5.74) is 17.2. The molecule has 1 heterocycles. The summed E-state index contributed by atoms with van der Waals surface area (Å²) in [6.45, 7) is 4.71. The molecule has 0 N–H and O–H groups in total. The van der Waals surface area contributed by atoms with E-state index in [0.717, 1.165) is 39.2 Å². The average molecular weight is 803 g/mol. The molecule has 1 aliphatic rings. The highest BCUT2D eigenvalue weighted by atomic mass is 14.9. The van der Waals surface area contributed by atoms with Crippen LogP contribution < -0.4 is 0 Å². The van der Waals surface area contributed by atoms with Crippen LogP contribution in [0.4, 0.5) is 0 Å². The highest BCUT2D eigenvalue weighted by molar-refractivity contribution is 6.20. The number of hydrogen-bond acceptors (Lipinski definition) is 2. The minimum Gasteiger partial charge on any atom is -0.228 e. The van der Waals surface area contributed by atoms with Gasteiger partial charge in [-0.15, -0.1) is 0 Å². The molecule has 0 spiro atoms. The van der Waals surface area contributed by atoms with Gasteiger partial charge < -0.3 is 0 Å². The molecule has 0 bridgehead atoms. The molecule has 1 aromatic heterocycles. The van der Waals surface area contributed by atoms with E-state index in [2.05, 4.69) is 226 Å². The fourth-order valence-electron chi connectivity index (χ4n) is 10.3. The van der Waals surface area contributed by atoms with Gasteiger partial charge in [0.2, 0.25) is 0 Å². The van der Waals surface area contributed by atoms with Crippen LogP contribution in [0.25, 0.3) is 111 Å². The van der Waals surface area contributed by atoms with E-state index in [1.54, 1.807) is 0 Å². The molecule has 11 aromatic rings. The van der Waals surface area contributed by atoms with Gasteiger partial charge in [0.25, 0.3) is 0 Å². The monoisotopic (exact) mass is 802 g/mol. The minimum atomic E-state index is -0.158. The van der Waals surface area contributed by atoms with Gasteiger partial charge in [-0.2, -0.15) is 0 Å². The van der Waals surface area contributed by atoms with Crippen molar-refractivity contribution in [3.05, 3.63) is 230 Å². The molecule has 10 aromatic carbocycles. The summed E-state index contributed by atoms with van der Waals surface area (Å²) in [5.74, 6) is 0.701. The Kier molecular flexibility index (Phi) is 8.55. The Morgan fingerprint density at radius 2 is 0.873 bits per heavy atom. The average Bonchev–Trinajstić information content (AvgIpc) is 3.59. The molecule has 12 rings (SSSR count). The van der Waals surface area contributed by atoms with Crippen LogP contribution in [0.2, 0.25) is 0 Å². The predicted molar refractivity (Wildman–Crippen MR) is 265 cm³/mol. The topological polar surface area (TPSA) is 25.8 Å². The lowest BCUT2D eigenvalue weighted by Crippen LogP contribution is -2.16. The Balaban J connectivity index is 1.000. The van der Waals surface area contributed by atoms with Gasteiger partial charge in [0, 0.05) is 22.1 Å². The molecule has 0 saturated carbocycles. The molecule has 0 radical (unpaired) electrons. The highest BCUT2D eigenvalue weighted by Crippen LogP contribution is 2.53. The maximum absolute atomic E-state index is 5.34. The number of hydrogen-bond donors (Lipinski definition) is 0. The molecule has 0 saturated heterocycles. The van der Waals surface area contributed by atoms with E-state index < -0.39 is 0 Å². The van der Waals surface area contributed by atoms with E-state index in [1.807, 2.05) is 6.07 Å². The van der Waals surface area contributed by atoms with Crippen LogP contribution in [0.5, 0.6) is 0 Å². The van der Waals surface area contributed by atoms with Crippen LogP contribution in [-0.4, -0.2) is 9.97 Å². The van der Waals surface area contributed by atoms with Crippen LogP contribution in [0.15, 0.2) is 218 Å². The molecule has 0 atom stereocenters. The van der Waals surface area contributed by atoms with Crippen molar-refractivity contribution >= 4 is 32.3 Å². The molecule has 296 valence electrons. The highest BCUT2D eigenvalue weighted by Gasteiger charge is 2.37. The third kappa shape index (κ3) is 6.09. The molecule has 2 heteroatoms. The van der Waals surface area contributed by atoms with Gasteiger partial charge in [-0.05, 0) is 112 Å². The smallest absolute Gasteiger partial charge is 0.160 e. The zero-order valence-corrected chi connectivity index (χ0v) is 35.2. The van der Waals surface area contributed by atoms with Gasteiger partial charge in [0.1, 0.15) is 0 Å². The maximum Gasteiger partial charge on any atom is 0.160 e. The number of aromatic nitrogens is 2. The second-order valence-electron chi connectivity index (χ2n) is 17.3. The van der Waals surface area contributed by atoms with E-state index in [0.29, 0.717) is 5.82 Å². The van der Waals surface area contributed by atoms with E-state index in [4.69, 9.17) is 9.97 Å². The Morgan fingerprint density at radius 1 is 0.317 bits per heavy atom. The van der Waals surface area contributed by atoms with E-state index in [1.165, 1.54) is 76.8 Å². The SMILES string of the molecule is CC1(C)c2ccccc2-c2cccc(-c3ccccc3-c3cc(-c4cccc(-c5cccc(-c6c7ccccc7cc7c6ccc6ccccc67)c5)c4)nc(-c4ccccc4)n3)c21. The summed E-state index contributed by atoms with van der Waals surface area (Å²) in [7, 11) is 0. The molecule has 1 aliphatic carbocycles. The first-order chi connectivity index (χ1) is 31.0. The first-order valence-corrected chi connectivity index (χ1v) is 21.8. The van der Waals surface area contributed by atoms with Crippen LogP contribution in [-0.2, 0) is 5.41 Å². The van der Waals surface area contributed by atoms with Gasteiger partial charge in [-0.25, -0.2) is 9.97 Å². The normalized spacial score (nSPS) is 12.7. The van der Waals surface area contributed by atoms with Crippen molar-refractivity contribution in [2.75, 3.05) is 0 Å². The summed E-state index contributed by atoms with van der Waals surface area (Å²) < 4.78 is 0. The second kappa shape index (κ2) is 14.6. The van der Waals surface area contributed by atoms with Crippen LogP contribution >= 0.6 is 0 Å². The fraction of sp³-hybridized carbons (Fsp3) is 0.0492. The zero-order valence-electron chi connectivity index (χ0n) is 35.2. The molecule has 63 heavy (non-hydrogen) atoms. The van der Waals surface area contributed by atoms with Gasteiger partial charge in [-0.1, -0.05) is 208 Å². The maximum atomic E-state index is 5.34. The van der Waals surface area contributed by atoms with Gasteiger partial charge >= 0.3 is 0 Å². The summed E-state index contributed by atoms with van der Waals surface area (Å²) in [4.78, 5) is 10.6. The van der Waals surface area contributed by atoms with Crippen molar-refractivity contribution in [1.82, 2.24) is 9.97 Å². The Labute approximate surface area is 367 Å². The van der Waals surface area contributed by atoms with Crippen molar-refractivity contribution in [1.29, 1.82) is 0 Å². The predicted octanol–water partition coefficient (Wildman–Crippen LogP) is 16.2. The summed E-state index contributed by atoms with van der Waals surface area (Å²) >= 11 is 0. The minimum absolute atomic E-state index is 0.158. The standard InChI is InChI=1S/C61H42N2/c1-61(2)55-32-13-12-28-49(55)53-31-16-30-52(59(53)61)48-27-10-11-29-50(48)57-38-56(62-60(63-57)40-18-4-3-5-19-40)44-23-14-21-41(35-44)42-22-15-24-45(36-42)58-47-26-9-7-20-43(47)37-54-46-25-8-6-17-39(46)33-34-51(54)58/h3-38H,1-2H3.